The molecular weight excluding hydrogens is 326 g/mol. The van der Waals surface area contributed by atoms with E-state index < -0.39 is 0 Å². The Balaban J connectivity index is 1.55. The quantitative estimate of drug-likeness (QED) is 0.865. The maximum Gasteiger partial charge on any atom is 0.321 e. The fourth-order valence-corrected chi connectivity index (χ4v) is 3.14. The van der Waals surface area contributed by atoms with Gasteiger partial charge in [0.25, 0.3) is 0 Å². The number of carbonyl (C=O) groups excluding carboxylic acids is 1. The van der Waals surface area contributed by atoms with E-state index in [-0.39, 0.29) is 6.03 Å². The summed E-state index contributed by atoms with van der Waals surface area (Å²) in [6, 6.07) is 7.91. The molecule has 1 saturated heterocycles. The topological polar surface area (TPSA) is 79.4 Å². The summed E-state index contributed by atoms with van der Waals surface area (Å²) in [5.74, 6) is 0. The molecule has 1 aromatic heterocycles. The van der Waals surface area contributed by atoms with Crippen LogP contribution in [-0.2, 0) is 17.8 Å². The Kier molecular flexibility index (Phi) is 5.73. The number of nitrogens with one attached hydrogen (secondary N) is 2. The van der Waals surface area contributed by atoms with Crippen molar-refractivity contribution in [2.45, 2.75) is 20.0 Å². The van der Waals surface area contributed by atoms with E-state index >= 15 is 0 Å². The molecule has 0 atom stereocenters. The highest BCUT2D eigenvalue weighted by molar-refractivity contribution is 7.15. The molecule has 0 saturated carbocycles. The minimum absolute atomic E-state index is 0.271. The van der Waals surface area contributed by atoms with Gasteiger partial charge in [-0.15, -0.1) is 10.2 Å². The second-order valence-electron chi connectivity index (χ2n) is 5.59. The largest absolute Gasteiger partial charge is 0.379 e. The van der Waals surface area contributed by atoms with Crippen molar-refractivity contribution in [2.24, 2.45) is 0 Å². The van der Waals surface area contributed by atoms with E-state index in [0.717, 1.165) is 43.4 Å². The minimum Gasteiger partial charge on any atom is -0.379 e. The van der Waals surface area contributed by atoms with Gasteiger partial charge in [-0.3, -0.25) is 10.2 Å². The SMILES string of the molecule is Cc1nnc(NC(=O)NCc2ccccc2CN2CCOCC2)s1. The lowest BCUT2D eigenvalue weighted by atomic mass is 10.1. The summed E-state index contributed by atoms with van der Waals surface area (Å²) < 4.78 is 5.39. The Morgan fingerprint density at radius 2 is 2.00 bits per heavy atom. The lowest BCUT2D eigenvalue weighted by Gasteiger charge is -2.27. The van der Waals surface area contributed by atoms with E-state index in [1.54, 1.807) is 0 Å². The van der Waals surface area contributed by atoms with Crippen LogP contribution in [0.1, 0.15) is 16.1 Å². The molecule has 128 valence electrons. The first-order valence-electron chi connectivity index (χ1n) is 7.92. The van der Waals surface area contributed by atoms with Crippen molar-refractivity contribution in [3.05, 3.63) is 40.4 Å². The molecule has 24 heavy (non-hydrogen) atoms. The van der Waals surface area contributed by atoms with Crippen molar-refractivity contribution in [3.63, 3.8) is 0 Å². The summed E-state index contributed by atoms with van der Waals surface area (Å²) in [6.07, 6.45) is 0. The van der Waals surface area contributed by atoms with Gasteiger partial charge in [-0.2, -0.15) is 0 Å². The van der Waals surface area contributed by atoms with Crippen LogP contribution in [0.5, 0.6) is 0 Å². The highest BCUT2D eigenvalue weighted by atomic mass is 32.1. The Hall–Kier alpha value is -2.03. The normalized spacial score (nSPS) is 15.2. The van der Waals surface area contributed by atoms with Gasteiger partial charge in [0.2, 0.25) is 5.13 Å². The van der Waals surface area contributed by atoms with Crippen LogP contribution in [0.15, 0.2) is 24.3 Å². The third-order valence-electron chi connectivity index (χ3n) is 3.80. The average molecular weight is 347 g/mol. The predicted octanol–water partition coefficient (Wildman–Crippen LogP) is 2.00. The summed E-state index contributed by atoms with van der Waals surface area (Å²) >= 11 is 1.35. The Morgan fingerprint density at radius 1 is 1.25 bits per heavy atom. The van der Waals surface area contributed by atoms with Crippen molar-refractivity contribution in [3.8, 4) is 0 Å². The molecule has 1 aromatic carbocycles. The molecule has 0 unspecified atom stereocenters. The number of carbonyl (C=O) groups is 1. The number of morpholine rings is 1. The lowest BCUT2D eigenvalue weighted by Crippen LogP contribution is -2.36. The van der Waals surface area contributed by atoms with Gasteiger partial charge in [-0.1, -0.05) is 35.6 Å². The summed E-state index contributed by atoms with van der Waals surface area (Å²) in [6.45, 7) is 6.65. The van der Waals surface area contributed by atoms with Gasteiger partial charge in [0.1, 0.15) is 5.01 Å². The van der Waals surface area contributed by atoms with Crippen LogP contribution in [0.25, 0.3) is 0 Å². The second kappa shape index (κ2) is 8.18. The van der Waals surface area contributed by atoms with Crippen LogP contribution in [-0.4, -0.2) is 47.4 Å². The van der Waals surface area contributed by atoms with Crippen LogP contribution < -0.4 is 10.6 Å². The molecule has 1 aliphatic rings. The monoisotopic (exact) mass is 347 g/mol. The first kappa shape index (κ1) is 16.8. The van der Waals surface area contributed by atoms with Crippen molar-refractivity contribution in [1.82, 2.24) is 20.4 Å². The minimum atomic E-state index is -0.271. The van der Waals surface area contributed by atoms with E-state index in [9.17, 15) is 4.79 Å². The Bertz CT molecular complexity index is 685. The van der Waals surface area contributed by atoms with Crippen LogP contribution in [0, 0.1) is 6.92 Å². The maximum atomic E-state index is 12.0. The molecule has 7 nitrogen and oxygen atoms in total. The molecule has 3 rings (SSSR count). The Labute approximate surface area is 145 Å². The molecule has 1 fully saturated rings. The van der Waals surface area contributed by atoms with Gasteiger partial charge in [-0.25, -0.2) is 4.79 Å². The van der Waals surface area contributed by atoms with Crippen LogP contribution in [0.2, 0.25) is 0 Å². The third-order valence-corrected chi connectivity index (χ3v) is 4.56. The molecule has 2 amide bonds. The number of aryl methyl sites for hydroxylation is 1. The number of ether oxygens (including phenoxy) is 1. The molecule has 0 spiro atoms. The highest BCUT2D eigenvalue weighted by Crippen LogP contribution is 2.14. The molecule has 2 aromatic rings. The maximum absolute atomic E-state index is 12.0. The van der Waals surface area contributed by atoms with Crippen LogP contribution >= 0.6 is 11.3 Å². The Morgan fingerprint density at radius 3 is 2.71 bits per heavy atom. The van der Waals surface area contributed by atoms with Gasteiger partial charge >= 0.3 is 6.03 Å². The molecule has 1 aliphatic heterocycles. The fraction of sp³-hybridized carbons (Fsp3) is 0.438. The number of amides is 2. The van der Waals surface area contributed by atoms with Crippen molar-refractivity contribution in [2.75, 3.05) is 31.6 Å². The zero-order valence-electron chi connectivity index (χ0n) is 13.6. The molecular formula is C16H21N5O2S. The number of hydrogen-bond donors (Lipinski definition) is 2. The summed E-state index contributed by atoms with van der Waals surface area (Å²) in [5.41, 5.74) is 2.35. The number of benzene rings is 1. The lowest BCUT2D eigenvalue weighted by molar-refractivity contribution is 0.0341. The molecule has 0 radical (unpaired) electrons. The zero-order valence-corrected chi connectivity index (χ0v) is 14.4. The number of rotatable bonds is 5. The van der Waals surface area contributed by atoms with Crippen molar-refractivity contribution < 1.29 is 9.53 Å². The standard InChI is InChI=1S/C16H21N5O2S/c1-12-19-20-16(24-12)18-15(22)17-10-13-4-2-3-5-14(13)11-21-6-8-23-9-7-21/h2-5H,6-11H2,1H3,(H2,17,18,20,22). The average Bonchev–Trinajstić information content (AvgIpc) is 3.00. The number of aromatic nitrogens is 2. The van der Waals surface area contributed by atoms with Crippen molar-refractivity contribution in [1.29, 1.82) is 0 Å². The molecule has 0 aliphatic carbocycles. The first-order valence-corrected chi connectivity index (χ1v) is 8.74. The van der Waals surface area contributed by atoms with E-state index in [2.05, 4.69) is 31.8 Å². The number of urea groups is 1. The number of nitrogens with zero attached hydrogens (tertiary/aromatic N) is 3. The zero-order chi connectivity index (χ0) is 16.8. The van der Waals surface area contributed by atoms with Crippen LogP contribution in [0.4, 0.5) is 9.93 Å². The predicted molar refractivity (Wildman–Crippen MR) is 93.0 cm³/mol. The van der Waals surface area contributed by atoms with E-state index in [1.165, 1.54) is 16.9 Å². The molecule has 8 heteroatoms. The molecule has 0 bridgehead atoms. The number of anilines is 1. The van der Waals surface area contributed by atoms with Gasteiger partial charge in [0, 0.05) is 26.2 Å². The smallest absolute Gasteiger partial charge is 0.321 e. The summed E-state index contributed by atoms with van der Waals surface area (Å²) in [4.78, 5) is 14.4. The third kappa shape index (κ3) is 4.73. The van der Waals surface area contributed by atoms with Crippen molar-refractivity contribution >= 4 is 22.5 Å². The molecule has 2 N–H and O–H groups in total. The van der Waals surface area contributed by atoms with Gasteiger partial charge in [0.15, 0.2) is 0 Å². The summed E-state index contributed by atoms with van der Waals surface area (Å²) in [7, 11) is 0. The first-order chi connectivity index (χ1) is 11.7. The fourth-order valence-electron chi connectivity index (χ4n) is 2.55. The summed E-state index contributed by atoms with van der Waals surface area (Å²) in [5, 5.41) is 14.7. The van der Waals surface area contributed by atoms with E-state index in [4.69, 9.17) is 4.74 Å². The second-order valence-corrected chi connectivity index (χ2v) is 6.77. The van der Waals surface area contributed by atoms with Crippen LogP contribution in [0.3, 0.4) is 0 Å². The van der Waals surface area contributed by atoms with E-state index in [0.29, 0.717) is 11.7 Å². The molecule has 2 heterocycles. The highest BCUT2D eigenvalue weighted by Gasteiger charge is 2.13. The number of hydrogen-bond acceptors (Lipinski definition) is 6. The van der Waals surface area contributed by atoms with E-state index in [1.807, 2.05) is 25.1 Å². The van der Waals surface area contributed by atoms with Gasteiger partial charge in [-0.05, 0) is 18.1 Å². The van der Waals surface area contributed by atoms with Gasteiger partial charge in [0.05, 0.1) is 13.2 Å². The van der Waals surface area contributed by atoms with Gasteiger partial charge < -0.3 is 10.1 Å².